The molecule has 2 rings (SSSR count). The van der Waals surface area contributed by atoms with Gasteiger partial charge in [-0.15, -0.1) is 0 Å². The third-order valence-electron chi connectivity index (χ3n) is 3.03. The van der Waals surface area contributed by atoms with Gasteiger partial charge in [0.2, 0.25) is 23.3 Å². The SMILES string of the molecule is [C-]#[N+]c1c(F)c(F)c(Cc2c(Cl)c(F)nc(F)c2Cl)c(F)c1[N+]#[C-]. The maximum atomic E-state index is 14.3. The summed E-state index contributed by atoms with van der Waals surface area (Å²) in [6.45, 7) is 13.5. The van der Waals surface area contributed by atoms with Gasteiger partial charge >= 0.3 is 0 Å². The number of rotatable bonds is 2. The molecular formula is C14H2Cl2F5N3. The molecule has 0 aliphatic heterocycles. The van der Waals surface area contributed by atoms with Crippen LogP contribution in [0.5, 0.6) is 0 Å². The van der Waals surface area contributed by atoms with E-state index in [2.05, 4.69) is 14.7 Å². The first kappa shape index (κ1) is 17.9. The molecule has 24 heavy (non-hydrogen) atoms. The molecule has 0 fully saturated rings. The predicted molar refractivity (Wildman–Crippen MR) is 75.8 cm³/mol. The van der Waals surface area contributed by atoms with E-state index in [1.807, 2.05) is 0 Å². The highest BCUT2D eigenvalue weighted by Gasteiger charge is 2.27. The maximum Gasteiger partial charge on any atom is 0.235 e. The van der Waals surface area contributed by atoms with Crippen molar-refractivity contribution in [2.45, 2.75) is 6.42 Å². The zero-order valence-electron chi connectivity index (χ0n) is 11.2. The molecule has 0 saturated heterocycles. The number of benzene rings is 1. The van der Waals surface area contributed by atoms with Crippen LogP contribution in [0, 0.1) is 42.5 Å². The van der Waals surface area contributed by atoms with Crippen molar-refractivity contribution >= 4 is 34.6 Å². The van der Waals surface area contributed by atoms with Gasteiger partial charge in [-0.05, 0) is 0 Å². The van der Waals surface area contributed by atoms with E-state index in [0.29, 0.717) is 0 Å². The second-order valence-corrected chi connectivity index (χ2v) is 5.07. The Morgan fingerprint density at radius 3 is 1.67 bits per heavy atom. The number of aromatic nitrogens is 1. The second kappa shape index (κ2) is 6.60. The van der Waals surface area contributed by atoms with E-state index >= 15 is 0 Å². The lowest BCUT2D eigenvalue weighted by Crippen LogP contribution is -2.05. The first-order valence-corrected chi connectivity index (χ1v) is 6.63. The van der Waals surface area contributed by atoms with Gasteiger partial charge in [-0.3, -0.25) is 0 Å². The molecule has 1 aromatic carbocycles. The van der Waals surface area contributed by atoms with Crippen molar-refractivity contribution in [1.29, 1.82) is 0 Å². The summed E-state index contributed by atoms with van der Waals surface area (Å²) in [6, 6.07) is 0. The van der Waals surface area contributed by atoms with Crippen LogP contribution in [0.15, 0.2) is 0 Å². The molecule has 2 aromatic rings. The quantitative estimate of drug-likeness (QED) is 0.281. The highest BCUT2D eigenvalue weighted by Crippen LogP contribution is 2.40. The van der Waals surface area contributed by atoms with Crippen molar-refractivity contribution < 1.29 is 22.0 Å². The van der Waals surface area contributed by atoms with Crippen LogP contribution in [0.1, 0.15) is 11.1 Å². The number of pyridine rings is 1. The zero-order chi connectivity index (χ0) is 18.2. The Balaban J connectivity index is 2.77. The normalized spacial score (nSPS) is 10.4. The molecule has 3 nitrogen and oxygen atoms in total. The lowest BCUT2D eigenvalue weighted by molar-refractivity contribution is 0.487. The van der Waals surface area contributed by atoms with E-state index in [4.69, 9.17) is 36.3 Å². The average Bonchev–Trinajstić information content (AvgIpc) is 2.55. The van der Waals surface area contributed by atoms with Crippen LogP contribution in [-0.2, 0) is 6.42 Å². The van der Waals surface area contributed by atoms with E-state index in [1.165, 1.54) is 0 Å². The summed E-state index contributed by atoms with van der Waals surface area (Å²) >= 11 is 11.1. The van der Waals surface area contributed by atoms with Crippen LogP contribution in [0.3, 0.4) is 0 Å². The Hall–Kier alpha value is -2.42. The zero-order valence-corrected chi connectivity index (χ0v) is 12.7. The summed E-state index contributed by atoms with van der Waals surface area (Å²) < 4.78 is 68.9. The molecule has 0 bridgehead atoms. The maximum absolute atomic E-state index is 14.3. The molecule has 0 spiro atoms. The molecule has 0 N–H and O–H groups in total. The average molecular weight is 378 g/mol. The van der Waals surface area contributed by atoms with Crippen molar-refractivity contribution in [3.8, 4) is 0 Å². The van der Waals surface area contributed by atoms with Crippen LogP contribution in [-0.4, -0.2) is 4.98 Å². The fourth-order valence-corrected chi connectivity index (χ4v) is 2.36. The summed E-state index contributed by atoms with van der Waals surface area (Å²) in [5, 5.41) is -1.61. The summed E-state index contributed by atoms with van der Waals surface area (Å²) in [4.78, 5) is 7.98. The second-order valence-electron chi connectivity index (χ2n) is 4.32. The van der Waals surface area contributed by atoms with Crippen molar-refractivity contribution in [3.63, 3.8) is 0 Å². The Morgan fingerprint density at radius 1 is 0.750 bits per heavy atom. The van der Waals surface area contributed by atoms with Gasteiger partial charge in [0.25, 0.3) is 0 Å². The van der Waals surface area contributed by atoms with Gasteiger partial charge in [0.05, 0.1) is 13.1 Å². The van der Waals surface area contributed by atoms with Gasteiger partial charge in [-0.2, -0.15) is 13.8 Å². The highest BCUT2D eigenvalue weighted by atomic mass is 35.5. The lowest BCUT2D eigenvalue weighted by atomic mass is 10.0. The van der Waals surface area contributed by atoms with E-state index in [-0.39, 0.29) is 0 Å². The number of hydrogen-bond donors (Lipinski definition) is 0. The molecule has 0 unspecified atom stereocenters. The van der Waals surface area contributed by atoms with Gasteiger partial charge < -0.3 is 0 Å². The summed E-state index contributed by atoms with van der Waals surface area (Å²) in [7, 11) is 0. The molecule has 0 saturated carbocycles. The molecule has 122 valence electrons. The first-order chi connectivity index (χ1) is 11.2. The van der Waals surface area contributed by atoms with E-state index < -0.39 is 68.3 Å². The van der Waals surface area contributed by atoms with Gasteiger partial charge in [0.15, 0.2) is 11.6 Å². The molecule has 0 aliphatic carbocycles. The minimum atomic E-state index is -1.78. The van der Waals surface area contributed by atoms with Gasteiger partial charge in [0, 0.05) is 17.5 Å². The van der Waals surface area contributed by atoms with Gasteiger partial charge in [-0.1, -0.05) is 23.2 Å². The molecule has 1 heterocycles. The molecule has 0 amide bonds. The Labute approximate surface area is 141 Å². The molecule has 0 atom stereocenters. The number of halogens is 7. The van der Waals surface area contributed by atoms with Gasteiger partial charge in [-0.25, -0.2) is 22.9 Å². The largest absolute Gasteiger partial charge is 0.247 e. The fraction of sp³-hybridized carbons (Fsp3) is 0.0714. The van der Waals surface area contributed by atoms with Crippen molar-refractivity contribution in [2.75, 3.05) is 0 Å². The van der Waals surface area contributed by atoms with Crippen LogP contribution in [0.25, 0.3) is 9.69 Å². The summed E-state index contributed by atoms with van der Waals surface area (Å²) in [5.41, 5.74) is -3.80. The lowest BCUT2D eigenvalue weighted by Gasteiger charge is -2.12. The third-order valence-corrected chi connectivity index (χ3v) is 3.80. The van der Waals surface area contributed by atoms with Gasteiger partial charge in [0.1, 0.15) is 15.9 Å². The summed E-state index contributed by atoms with van der Waals surface area (Å²) in [6.07, 6.45) is -0.955. The first-order valence-electron chi connectivity index (χ1n) is 5.87. The molecule has 1 aromatic heterocycles. The van der Waals surface area contributed by atoms with E-state index in [9.17, 15) is 22.0 Å². The number of hydrogen-bond acceptors (Lipinski definition) is 1. The Morgan fingerprint density at radius 2 is 1.21 bits per heavy atom. The van der Waals surface area contributed by atoms with Crippen LogP contribution < -0.4 is 0 Å². The van der Waals surface area contributed by atoms with E-state index in [0.717, 1.165) is 0 Å². The van der Waals surface area contributed by atoms with Crippen LogP contribution >= 0.6 is 23.2 Å². The van der Waals surface area contributed by atoms with Crippen molar-refractivity contribution in [3.05, 3.63) is 73.4 Å². The third kappa shape index (κ3) is 2.75. The van der Waals surface area contributed by atoms with E-state index in [1.54, 1.807) is 0 Å². The predicted octanol–water partition coefficient (Wildman–Crippen LogP) is 5.78. The molecule has 10 heteroatoms. The highest BCUT2D eigenvalue weighted by molar-refractivity contribution is 6.36. The van der Waals surface area contributed by atoms with Crippen LogP contribution in [0.2, 0.25) is 10.0 Å². The smallest absolute Gasteiger partial charge is 0.235 e. The molecule has 0 aliphatic rings. The monoisotopic (exact) mass is 377 g/mol. The Bertz CT molecular complexity index is 921. The molecule has 0 radical (unpaired) electrons. The topological polar surface area (TPSA) is 21.6 Å². The standard InChI is InChI=1S/C14H2Cl2F5N3/c1-22-11-9(18)5(8(17)10(19)12(11)23-2)3-4-6(15)13(20)24-14(21)7(4)16/h3H2. The van der Waals surface area contributed by atoms with Crippen LogP contribution in [0.4, 0.5) is 33.3 Å². The Kier molecular flexibility index (Phi) is 4.93. The number of nitrogens with zero attached hydrogens (tertiary/aromatic N) is 3. The minimum absolute atomic E-state index is 0.577. The van der Waals surface area contributed by atoms with Crippen molar-refractivity contribution in [2.24, 2.45) is 0 Å². The molecular weight excluding hydrogens is 376 g/mol. The van der Waals surface area contributed by atoms with Crippen molar-refractivity contribution in [1.82, 2.24) is 4.98 Å². The summed E-state index contributed by atoms with van der Waals surface area (Å²) in [5.74, 6) is -8.03. The fourth-order valence-electron chi connectivity index (χ4n) is 1.90. The minimum Gasteiger partial charge on any atom is -0.247 e.